The molecule has 1 N–H and O–H groups in total. The van der Waals surface area contributed by atoms with E-state index < -0.39 is 48.5 Å². The van der Waals surface area contributed by atoms with Crippen molar-refractivity contribution in [1.82, 2.24) is 0 Å². The zero-order valence-electron chi connectivity index (χ0n) is 18.9. The van der Waals surface area contributed by atoms with E-state index in [2.05, 4.69) is 0 Å². The fourth-order valence-corrected chi connectivity index (χ4v) is 3.02. The second kappa shape index (κ2) is 11.9. The molecule has 0 fully saturated rings. The molecule has 0 aliphatic heterocycles. The third kappa shape index (κ3) is 8.17. The molecule has 3 aromatic rings. The molecule has 10 heteroatoms. The lowest BCUT2D eigenvalue weighted by Crippen LogP contribution is -2.41. The highest BCUT2D eigenvalue weighted by molar-refractivity contribution is 5.52. The van der Waals surface area contributed by atoms with Gasteiger partial charge in [-0.1, -0.05) is 38.1 Å². The van der Waals surface area contributed by atoms with Gasteiger partial charge in [0.2, 0.25) is 0 Å². The summed E-state index contributed by atoms with van der Waals surface area (Å²) >= 11 is 0. The molecule has 190 valence electrons. The highest BCUT2D eigenvalue weighted by Gasteiger charge is 2.39. The summed E-state index contributed by atoms with van der Waals surface area (Å²) in [5.41, 5.74) is -1.53. The highest BCUT2D eigenvalue weighted by atomic mass is 19.4. The quantitative estimate of drug-likeness (QED) is 0.337. The monoisotopic (exact) mass is 503 g/mol. The number of aliphatic hydroxyl groups is 1. The van der Waals surface area contributed by atoms with Gasteiger partial charge in [-0.25, -0.2) is 4.39 Å². The van der Waals surface area contributed by atoms with Crippen molar-refractivity contribution >= 4 is 5.69 Å². The van der Waals surface area contributed by atoms with E-state index in [4.69, 9.17) is 4.74 Å². The van der Waals surface area contributed by atoms with Gasteiger partial charge >= 0.3 is 12.4 Å². The third-order valence-corrected chi connectivity index (χ3v) is 4.67. The van der Waals surface area contributed by atoms with E-state index >= 15 is 0 Å². The Labute approximate surface area is 198 Å². The number of hydrogen-bond acceptors (Lipinski definition) is 3. The van der Waals surface area contributed by atoms with Crippen molar-refractivity contribution in [1.29, 1.82) is 0 Å². The number of anilines is 1. The number of benzene rings is 3. The van der Waals surface area contributed by atoms with Gasteiger partial charge in [0.05, 0.1) is 12.1 Å². The molecule has 1 unspecified atom stereocenters. The van der Waals surface area contributed by atoms with E-state index in [1.54, 1.807) is 30.3 Å². The Balaban J connectivity index is 0.00000210. The Morgan fingerprint density at radius 1 is 0.829 bits per heavy atom. The summed E-state index contributed by atoms with van der Waals surface area (Å²) in [6, 6.07) is 15.9. The van der Waals surface area contributed by atoms with Gasteiger partial charge in [-0.3, -0.25) is 0 Å². The maximum absolute atomic E-state index is 14.3. The molecule has 0 aliphatic carbocycles. The molecule has 0 radical (unpaired) electrons. The normalized spacial score (nSPS) is 12.4. The predicted molar refractivity (Wildman–Crippen MR) is 119 cm³/mol. The maximum atomic E-state index is 14.3. The van der Waals surface area contributed by atoms with Gasteiger partial charge in [0, 0.05) is 23.9 Å². The minimum atomic E-state index is -4.98. The van der Waals surface area contributed by atoms with Crippen LogP contribution in [0.1, 0.15) is 25.0 Å². The Morgan fingerprint density at radius 3 is 2.06 bits per heavy atom. The van der Waals surface area contributed by atoms with Gasteiger partial charge in [0.1, 0.15) is 17.3 Å². The third-order valence-electron chi connectivity index (χ3n) is 4.67. The van der Waals surface area contributed by atoms with E-state index in [9.17, 15) is 35.8 Å². The molecular formula is C25H24F7NO2. The molecule has 0 heterocycles. The Morgan fingerprint density at radius 2 is 1.46 bits per heavy atom. The summed E-state index contributed by atoms with van der Waals surface area (Å²) in [7, 11) is 0. The highest BCUT2D eigenvalue weighted by Crippen LogP contribution is 2.33. The molecule has 0 spiro atoms. The van der Waals surface area contributed by atoms with Crippen molar-refractivity contribution in [3.05, 3.63) is 89.7 Å². The van der Waals surface area contributed by atoms with Crippen LogP contribution in [0.25, 0.3) is 0 Å². The molecule has 0 amide bonds. The van der Waals surface area contributed by atoms with Gasteiger partial charge in [-0.05, 0) is 42.5 Å². The van der Waals surface area contributed by atoms with Crippen LogP contribution >= 0.6 is 0 Å². The van der Waals surface area contributed by atoms with Crippen LogP contribution in [0.3, 0.4) is 0 Å². The van der Waals surface area contributed by atoms with Crippen LogP contribution in [0.5, 0.6) is 11.5 Å². The van der Waals surface area contributed by atoms with Crippen LogP contribution in [-0.4, -0.2) is 23.9 Å². The van der Waals surface area contributed by atoms with Crippen LogP contribution in [0.4, 0.5) is 36.4 Å². The molecule has 1 atom stereocenters. The van der Waals surface area contributed by atoms with E-state index in [0.29, 0.717) is 23.9 Å². The summed E-state index contributed by atoms with van der Waals surface area (Å²) in [5.74, 6) is -0.346. The lowest BCUT2D eigenvalue weighted by molar-refractivity contribution is -0.200. The van der Waals surface area contributed by atoms with Crippen LogP contribution in [0.15, 0.2) is 72.8 Å². The van der Waals surface area contributed by atoms with Crippen LogP contribution in [0, 0.1) is 5.82 Å². The van der Waals surface area contributed by atoms with E-state index in [1.807, 2.05) is 13.8 Å². The first kappa shape index (κ1) is 28.0. The minimum Gasteiger partial charge on any atom is -0.457 e. The number of aliphatic hydroxyl groups excluding tert-OH is 1. The number of alkyl halides is 6. The fourth-order valence-electron chi connectivity index (χ4n) is 3.02. The van der Waals surface area contributed by atoms with Crippen molar-refractivity contribution in [2.75, 3.05) is 11.4 Å². The Bertz CT molecular complexity index is 1070. The first-order valence-electron chi connectivity index (χ1n) is 10.6. The fraction of sp³-hybridized carbons (Fsp3) is 0.280. The van der Waals surface area contributed by atoms with Crippen molar-refractivity contribution in [2.24, 2.45) is 0 Å². The summed E-state index contributed by atoms with van der Waals surface area (Å²) < 4.78 is 98.1. The largest absolute Gasteiger partial charge is 0.457 e. The lowest BCUT2D eigenvalue weighted by Gasteiger charge is -2.29. The lowest BCUT2D eigenvalue weighted by atomic mass is 10.1. The summed E-state index contributed by atoms with van der Waals surface area (Å²) in [4.78, 5) is 0.939. The first-order chi connectivity index (χ1) is 16.4. The van der Waals surface area contributed by atoms with Crippen LogP contribution in [-0.2, 0) is 12.7 Å². The van der Waals surface area contributed by atoms with Gasteiger partial charge in [-0.15, -0.1) is 0 Å². The van der Waals surface area contributed by atoms with Gasteiger partial charge in [-0.2, -0.15) is 26.3 Å². The summed E-state index contributed by atoms with van der Waals surface area (Å²) in [6.07, 6.45) is -12.6. The minimum absolute atomic E-state index is 0.0866. The number of ether oxygens (including phenoxy) is 1. The molecule has 0 aromatic heterocycles. The van der Waals surface area contributed by atoms with E-state index in [1.165, 1.54) is 24.3 Å². The second-order valence-electron chi connectivity index (χ2n) is 7.15. The van der Waals surface area contributed by atoms with Gasteiger partial charge in [0.25, 0.3) is 0 Å². The van der Waals surface area contributed by atoms with Crippen molar-refractivity contribution in [3.63, 3.8) is 0 Å². The smallest absolute Gasteiger partial charge is 0.416 e. The number of halogens is 7. The average Bonchev–Trinajstić information content (AvgIpc) is 2.80. The Kier molecular flexibility index (Phi) is 9.53. The maximum Gasteiger partial charge on any atom is 0.416 e. The predicted octanol–water partition coefficient (Wildman–Crippen LogP) is 7.59. The number of para-hydroxylation sites is 1. The zero-order valence-corrected chi connectivity index (χ0v) is 18.9. The number of rotatable bonds is 7. The first-order valence-corrected chi connectivity index (χ1v) is 10.6. The SMILES string of the molecule is CC.OC(CN(Cc1cc(C(F)(F)F)ccc1F)c1cccc(Oc2ccccc2)c1)C(F)(F)F. The Hall–Kier alpha value is -3.27. The number of nitrogens with zero attached hydrogens (tertiary/aromatic N) is 1. The number of hydrogen-bond donors (Lipinski definition) is 1. The van der Waals surface area contributed by atoms with E-state index in [-0.39, 0.29) is 11.4 Å². The van der Waals surface area contributed by atoms with E-state index in [0.717, 1.165) is 4.90 Å². The molecule has 3 rings (SSSR count). The van der Waals surface area contributed by atoms with Crippen molar-refractivity contribution < 1.29 is 40.6 Å². The van der Waals surface area contributed by atoms with Crippen LogP contribution in [0.2, 0.25) is 0 Å². The average molecular weight is 503 g/mol. The standard InChI is InChI=1S/C23H18F7NO2.C2H6/c24-20-10-9-16(22(25,26)27)11-15(20)13-31(14-21(32)23(28,29)30)17-5-4-8-19(12-17)33-18-6-2-1-3-7-18;1-2/h1-12,21,32H,13-14H2;1-2H3. The molecule has 0 bridgehead atoms. The van der Waals surface area contributed by atoms with Crippen molar-refractivity contribution in [3.8, 4) is 11.5 Å². The second-order valence-corrected chi connectivity index (χ2v) is 7.15. The molecule has 0 saturated carbocycles. The molecule has 0 saturated heterocycles. The molecule has 0 aliphatic rings. The summed E-state index contributed by atoms with van der Waals surface area (Å²) in [6.45, 7) is 2.31. The molecule has 3 aromatic carbocycles. The molecule has 35 heavy (non-hydrogen) atoms. The zero-order chi connectivity index (χ0) is 26.2. The summed E-state index contributed by atoms with van der Waals surface area (Å²) in [5, 5.41) is 9.58. The van der Waals surface area contributed by atoms with Crippen LogP contribution < -0.4 is 9.64 Å². The topological polar surface area (TPSA) is 32.7 Å². The molecular weight excluding hydrogens is 479 g/mol. The van der Waals surface area contributed by atoms with Gasteiger partial charge < -0.3 is 14.7 Å². The van der Waals surface area contributed by atoms with Crippen molar-refractivity contribution in [2.45, 2.75) is 38.8 Å². The van der Waals surface area contributed by atoms with Gasteiger partial charge in [0.15, 0.2) is 6.10 Å². The molecule has 3 nitrogen and oxygen atoms in total.